The third-order valence-corrected chi connectivity index (χ3v) is 11.9. The van der Waals surface area contributed by atoms with Gasteiger partial charge in [-0.25, -0.2) is 15.0 Å². The number of nitrogens with zero attached hydrogens (tertiary/aromatic N) is 4. The molecule has 3 atom stereocenters. The van der Waals surface area contributed by atoms with Crippen molar-refractivity contribution in [3.05, 3.63) is 139 Å². The van der Waals surface area contributed by atoms with Crippen LogP contribution in [-0.4, -0.2) is 15.0 Å². The van der Waals surface area contributed by atoms with Gasteiger partial charge in [-0.3, -0.25) is 0 Å². The first-order valence-electron chi connectivity index (χ1n) is 18.2. The van der Waals surface area contributed by atoms with Crippen LogP contribution in [0.4, 0.5) is 0 Å². The van der Waals surface area contributed by atoms with E-state index in [4.69, 9.17) is 15.0 Å². The summed E-state index contributed by atoms with van der Waals surface area (Å²) in [5.74, 6) is 3.63. The molecule has 0 aliphatic heterocycles. The topological polar surface area (TPSA) is 62.5 Å². The summed E-state index contributed by atoms with van der Waals surface area (Å²) in [6.07, 6.45) is 6.92. The molecule has 0 spiro atoms. The zero-order chi connectivity index (χ0) is 34.1. The third kappa shape index (κ3) is 5.07. The number of aromatic nitrogens is 3. The Balaban J connectivity index is 1.05. The van der Waals surface area contributed by atoms with Crippen molar-refractivity contribution in [2.45, 2.75) is 44.4 Å². The molecule has 4 heteroatoms. The Morgan fingerprint density at radius 3 is 1.69 bits per heavy atom. The van der Waals surface area contributed by atoms with Gasteiger partial charge in [0, 0.05) is 16.7 Å². The van der Waals surface area contributed by atoms with Gasteiger partial charge in [-0.05, 0) is 116 Å². The molecule has 7 aromatic carbocycles. The number of rotatable bonds is 5. The highest BCUT2D eigenvalue weighted by molar-refractivity contribution is 6.25. The lowest BCUT2D eigenvalue weighted by Gasteiger charge is -2.38. The Morgan fingerprint density at radius 2 is 1.06 bits per heavy atom. The first kappa shape index (κ1) is 29.9. The SMILES string of the molecule is CC1(c2ccc(-c3ccc(-c4nc(-c5ccc(C#N)cc5)nc(-c5ccc6ccc7cccc8ccc5c6c78)n4)cc3)cc2)C[C@@H]2CC[C@@H](C2)C1. The normalized spacial score (nSPS) is 19.9. The van der Waals surface area contributed by atoms with Crippen LogP contribution in [0.2, 0.25) is 0 Å². The number of hydrogen-bond donors (Lipinski definition) is 0. The summed E-state index contributed by atoms with van der Waals surface area (Å²) in [6.45, 7) is 2.49. The summed E-state index contributed by atoms with van der Waals surface area (Å²) in [5.41, 5.74) is 7.51. The molecular formula is C47H36N4. The Bertz CT molecular complexity index is 2600. The number of nitriles is 1. The molecule has 2 saturated carbocycles. The largest absolute Gasteiger partial charge is 0.208 e. The average molecular weight is 657 g/mol. The minimum atomic E-state index is 0.296. The Labute approximate surface area is 297 Å². The van der Waals surface area contributed by atoms with Crippen LogP contribution in [0.3, 0.4) is 0 Å². The standard InChI is InChI=1S/C47H36N4/c1-47(26-30-5-6-31(25-30)27-47)39-21-17-33(18-22-39)32-11-15-38(16-12-32)45-49-44(37-9-7-29(28-48)8-10-37)50-46(51-45)41-24-20-36-14-13-34-3-2-4-35-19-23-40(41)43(36)42(34)35/h2-4,7-24,30-31H,5-6,25-27H2,1H3/t30-,31+,47?. The van der Waals surface area contributed by atoms with Crippen LogP contribution in [0.15, 0.2) is 127 Å². The maximum absolute atomic E-state index is 9.42. The van der Waals surface area contributed by atoms with Crippen molar-refractivity contribution in [1.29, 1.82) is 5.26 Å². The summed E-state index contributed by atoms with van der Waals surface area (Å²) < 4.78 is 0. The van der Waals surface area contributed by atoms with Crippen LogP contribution in [0.25, 0.3) is 77.6 Å². The van der Waals surface area contributed by atoms with Gasteiger partial charge < -0.3 is 0 Å². The summed E-state index contributed by atoms with van der Waals surface area (Å²) in [5, 5.41) is 16.7. The molecule has 0 saturated heterocycles. The summed E-state index contributed by atoms with van der Waals surface area (Å²) in [4.78, 5) is 15.2. The highest BCUT2D eigenvalue weighted by Crippen LogP contribution is 2.51. The average Bonchev–Trinajstić information content (AvgIpc) is 3.54. The molecule has 2 aliphatic rings. The lowest BCUT2D eigenvalue weighted by Crippen LogP contribution is -2.30. The van der Waals surface area contributed by atoms with Crippen molar-refractivity contribution in [2.75, 3.05) is 0 Å². The van der Waals surface area contributed by atoms with Crippen molar-refractivity contribution in [3.63, 3.8) is 0 Å². The molecule has 10 rings (SSSR count). The van der Waals surface area contributed by atoms with Gasteiger partial charge in [0.1, 0.15) is 0 Å². The molecule has 0 N–H and O–H groups in total. The van der Waals surface area contributed by atoms with E-state index in [1.165, 1.54) is 75.7 Å². The predicted molar refractivity (Wildman–Crippen MR) is 207 cm³/mol. The van der Waals surface area contributed by atoms with E-state index in [-0.39, 0.29) is 0 Å². The highest BCUT2D eigenvalue weighted by Gasteiger charge is 2.41. The smallest absolute Gasteiger partial charge is 0.164 e. The molecule has 1 aromatic heterocycles. The van der Waals surface area contributed by atoms with Crippen LogP contribution >= 0.6 is 0 Å². The van der Waals surface area contributed by atoms with Crippen LogP contribution < -0.4 is 0 Å². The van der Waals surface area contributed by atoms with E-state index >= 15 is 0 Å². The van der Waals surface area contributed by atoms with Crippen LogP contribution in [0.5, 0.6) is 0 Å². The quantitative estimate of drug-likeness (QED) is 0.173. The van der Waals surface area contributed by atoms with Gasteiger partial charge >= 0.3 is 0 Å². The van der Waals surface area contributed by atoms with Crippen LogP contribution in [0, 0.1) is 23.2 Å². The van der Waals surface area contributed by atoms with Gasteiger partial charge in [0.2, 0.25) is 0 Å². The Hall–Kier alpha value is -5.92. The maximum Gasteiger partial charge on any atom is 0.164 e. The van der Waals surface area contributed by atoms with Crippen LogP contribution in [0.1, 0.15) is 50.2 Å². The second-order valence-electron chi connectivity index (χ2n) is 15.1. The monoisotopic (exact) mass is 656 g/mol. The zero-order valence-electron chi connectivity index (χ0n) is 28.6. The molecule has 0 amide bonds. The molecule has 8 aromatic rings. The van der Waals surface area contributed by atoms with Crippen molar-refractivity contribution in [1.82, 2.24) is 15.0 Å². The highest BCUT2D eigenvalue weighted by atomic mass is 15.0. The fourth-order valence-electron chi connectivity index (χ4n) is 9.40. The van der Waals surface area contributed by atoms with E-state index in [9.17, 15) is 5.26 Å². The first-order chi connectivity index (χ1) is 25.0. The lowest BCUT2D eigenvalue weighted by atomic mass is 9.66. The van der Waals surface area contributed by atoms with E-state index in [0.717, 1.165) is 33.9 Å². The molecule has 51 heavy (non-hydrogen) atoms. The van der Waals surface area contributed by atoms with Gasteiger partial charge in [-0.2, -0.15) is 5.26 Å². The Morgan fingerprint density at radius 1 is 0.549 bits per heavy atom. The first-order valence-corrected chi connectivity index (χ1v) is 18.2. The van der Waals surface area contributed by atoms with Gasteiger partial charge in [-0.1, -0.05) is 117 Å². The van der Waals surface area contributed by atoms with Crippen molar-refractivity contribution >= 4 is 32.3 Å². The molecule has 2 aliphatic carbocycles. The molecule has 1 unspecified atom stereocenters. The van der Waals surface area contributed by atoms with Gasteiger partial charge in [-0.15, -0.1) is 0 Å². The molecule has 2 fully saturated rings. The molecule has 1 heterocycles. The minimum Gasteiger partial charge on any atom is -0.208 e. The molecule has 4 nitrogen and oxygen atoms in total. The van der Waals surface area contributed by atoms with E-state index in [2.05, 4.69) is 116 Å². The van der Waals surface area contributed by atoms with E-state index < -0.39 is 0 Å². The van der Waals surface area contributed by atoms with Crippen molar-refractivity contribution in [2.24, 2.45) is 11.8 Å². The van der Waals surface area contributed by atoms with E-state index in [1.807, 2.05) is 24.3 Å². The second-order valence-corrected chi connectivity index (χ2v) is 15.1. The minimum absolute atomic E-state index is 0.296. The summed E-state index contributed by atoms with van der Waals surface area (Å²) in [7, 11) is 0. The summed E-state index contributed by atoms with van der Waals surface area (Å²) >= 11 is 0. The third-order valence-electron chi connectivity index (χ3n) is 11.9. The number of fused-ring (bicyclic) bond motifs is 2. The molecular weight excluding hydrogens is 621 g/mol. The van der Waals surface area contributed by atoms with E-state index in [1.54, 1.807) is 0 Å². The molecule has 2 bridgehead atoms. The van der Waals surface area contributed by atoms with E-state index in [0.29, 0.717) is 28.5 Å². The van der Waals surface area contributed by atoms with Crippen LogP contribution in [-0.2, 0) is 5.41 Å². The maximum atomic E-state index is 9.42. The predicted octanol–water partition coefficient (Wildman–Crippen LogP) is 11.8. The van der Waals surface area contributed by atoms with Gasteiger partial charge in [0.15, 0.2) is 17.5 Å². The second kappa shape index (κ2) is 11.6. The number of benzene rings is 7. The molecule has 244 valence electrons. The fourth-order valence-corrected chi connectivity index (χ4v) is 9.40. The molecule has 0 radical (unpaired) electrons. The zero-order valence-corrected chi connectivity index (χ0v) is 28.6. The lowest BCUT2D eigenvalue weighted by molar-refractivity contribution is 0.232. The number of hydrogen-bond acceptors (Lipinski definition) is 4. The van der Waals surface area contributed by atoms with Gasteiger partial charge in [0.25, 0.3) is 0 Å². The van der Waals surface area contributed by atoms with Gasteiger partial charge in [0.05, 0.1) is 11.6 Å². The fraction of sp³-hybridized carbons (Fsp3) is 0.191. The van der Waals surface area contributed by atoms with Crippen molar-refractivity contribution < 1.29 is 0 Å². The Kier molecular flexibility index (Phi) is 6.80. The summed E-state index contributed by atoms with van der Waals surface area (Å²) in [6, 6.07) is 47.2. The van der Waals surface area contributed by atoms with Crippen molar-refractivity contribution in [3.8, 4) is 51.4 Å².